The molecule has 3 nitrogen and oxygen atoms in total. The summed E-state index contributed by atoms with van der Waals surface area (Å²) in [5.74, 6) is 0. The summed E-state index contributed by atoms with van der Waals surface area (Å²) < 4.78 is 18.1. The van der Waals surface area contributed by atoms with Gasteiger partial charge in [-0.2, -0.15) is 0 Å². The topological polar surface area (TPSA) is 27.7 Å². The summed E-state index contributed by atoms with van der Waals surface area (Å²) in [6.07, 6.45) is 21.3. The lowest BCUT2D eigenvalue weighted by Gasteiger charge is -2.32. The van der Waals surface area contributed by atoms with Crippen LogP contribution in [-0.4, -0.2) is 21.4 Å². The maximum atomic E-state index is 6.07. The van der Waals surface area contributed by atoms with Crippen LogP contribution in [0.2, 0.25) is 0 Å². The highest BCUT2D eigenvalue weighted by Gasteiger charge is 2.44. The molecule has 0 spiro atoms. The van der Waals surface area contributed by atoms with E-state index in [2.05, 4.69) is 32.9 Å². The molecule has 0 bridgehead atoms. The minimum absolute atomic E-state index is 0.651. The van der Waals surface area contributed by atoms with Gasteiger partial charge in [0.15, 0.2) is 0 Å². The van der Waals surface area contributed by atoms with Gasteiger partial charge in [0.1, 0.15) is 0 Å². The molecule has 1 rings (SSSR count). The maximum absolute atomic E-state index is 6.07. The van der Waals surface area contributed by atoms with Crippen LogP contribution in [0.1, 0.15) is 6.92 Å². The Morgan fingerprint density at radius 1 is 0.630 bits per heavy atom. The Balaban J connectivity index is 3.36. The highest BCUT2D eigenvalue weighted by molar-refractivity contribution is 6.82. The van der Waals surface area contributed by atoms with Gasteiger partial charge >= 0.3 is 21.4 Å². The van der Waals surface area contributed by atoms with Crippen LogP contribution in [-0.2, 0) is 13.7 Å². The first-order valence-corrected chi connectivity index (χ1v) is 8.63. The number of hydrogen-bond donors (Lipinski definition) is 0. The molecule has 6 heteroatoms. The van der Waals surface area contributed by atoms with Crippen molar-refractivity contribution in [1.82, 2.24) is 0 Å². The van der Waals surface area contributed by atoms with Crippen LogP contribution in [0.25, 0.3) is 0 Å². The third kappa shape index (κ3) is 6.95. The third-order valence-corrected chi connectivity index (χ3v) is 3.51. The molecule has 1 heterocycles. The molecule has 0 radical (unpaired) electrons. The van der Waals surface area contributed by atoms with E-state index < -0.39 is 21.4 Å². The van der Waals surface area contributed by atoms with E-state index in [1.807, 2.05) is 43.4 Å². The van der Waals surface area contributed by atoms with Gasteiger partial charge in [-0.25, -0.2) is 0 Å². The molecule has 0 aliphatic carbocycles. The van der Waals surface area contributed by atoms with Crippen molar-refractivity contribution in [3.05, 3.63) is 122 Å². The smallest absolute Gasteiger partial charge is 0.445 e. The second kappa shape index (κ2) is 12.8. The van der Waals surface area contributed by atoms with E-state index in [1.165, 1.54) is 0 Å². The van der Waals surface area contributed by atoms with E-state index in [4.69, 9.17) is 13.7 Å². The van der Waals surface area contributed by atoms with Gasteiger partial charge in [-0.1, -0.05) is 106 Å². The Morgan fingerprint density at radius 2 is 1.07 bits per heavy atom. The molecule has 0 aromatic carbocycles. The molecule has 136 valence electrons. The van der Waals surface area contributed by atoms with Crippen LogP contribution in [0.4, 0.5) is 0 Å². The predicted octanol–water partition coefficient (Wildman–Crippen LogP) is 4.97. The second-order valence-electron chi connectivity index (χ2n) is 5.41. The highest BCUT2D eigenvalue weighted by Crippen LogP contribution is 2.24. The van der Waals surface area contributed by atoms with Crippen LogP contribution >= 0.6 is 0 Å². The van der Waals surface area contributed by atoms with E-state index in [9.17, 15) is 0 Å². The first-order chi connectivity index (χ1) is 13.1. The molecule has 0 saturated carbocycles. The normalized spacial score (nSPS) is 16.8. The Labute approximate surface area is 164 Å². The van der Waals surface area contributed by atoms with E-state index >= 15 is 0 Å². The van der Waals surface area contributed by atoms with Gasteiger partial charge in [0.2, 0.25) is 0 Å². The quantitative estimate of drug-likeness (QED) is 0.408. The van der Waals surface area contributed by atoms with Gasteiger partial charge in [-0.15, -0.1) is 0 Å². The largest absolute Gasteiger partial charge is 0.467 e. The van der Waals surface area contributed by atoms with E-state index in [-0.39, 0.29) is 0 Å². The molecule has 1 saturated heterocycles. The molecule has 0 N–H and O–H groups in total. The molecule has 0 aromatic rings. The maximum Gasteiger partial charge on any atom is 0.467 e. The summed E-state index contributed by atoms with van der Waals surface area (Å²) in [6.45, 7) is 20.7. The van der Waals surface area contributed by atoms with Crippen molar-refractivity contribution in [3.8, 4) is 0 Å². The van der Waals surface area contributed by atoms with Crippen molar-refractivity contribution in [1.29, 1.82) is 0 Å². The van der Waals surface area contributed by atoms with Crippen molar-refractivity contribution < 1.29 is 13.7 Å². The molecule has 0 amide bonds. The van der Waals surface area contributed by atoms with Gasteiger partial charge in [0.25, 0.3) is 0 Å². The summed E-state index contributed by atoms with van der Waals surface area (Å²) >= 11 is 0. The van der Waals surface area contributed by atoms with E-state index in [0.29, 0.717) is 0 Å². The Hall–Kier alpha value is -2.53. The minimum atomic E-state index is -0.673. The molecule has 1 aliphatic rings. The van der Waals surface area contributed by atoms with Gasteiger partial charge in [-0.3, -0.25) is 0 Å². The van der Waals surface area contributed by atoms with Crippen molar-refractivity contribution in [2.45, 2.75) is 6.92 Å². The summed E-state index contributed by atoms with van der Waals surface area (Å²) in [5.41, 5.74) is 2.34. The summed E-state index contributed by atoms with van der Waals surface area (Å²) in [6, 6.07) is 0. The Kier molecular flexibility index (Phi) is 10.6. The zero-order valence-electron chi connectivity index (χ0n) is 15.9. The first-order valence-electron chi connectivity index (χ1n) is 8.63. The molecular weight excluding hydrogens is 333 g/mol. The summed E-state index contributed by atoms with van der Waals surface area (Å²) in [4.78, 5) is 0. The fourth-order valence-electron chi connectivity index (χ4n) is 2.35. The molecular formula is C21H25B3O3. The zero-order valence-corrected chi connectivity index (χ0v) is 15.9. The van der Waals surface area contributed by atoms with Crippen LogP contribution < -0.4 is 0 Å². The van der Waals surface area contributed by atoms with Crippen molar-refractivity contribution in [3.63, 3.8) is 0 Å². The van der Waals surface area contributed by atoms with Gasteiger partial charge in [-0.05, 0) is 23.3 Å². The molecule has 0 aromatic heterocycles. The lowest BCUT2D eigenvalue weighted by Crippen LogP contribution is -2.51. The van der Waals surface area contributed by atoms with Crippen molar-refractivity contribution in [2.75, 3.05) is 0 Å². The molecule has 1 fully saturated rings. The zero-order chi connectivity index (χ0) is 20.1. The fraction of sp³-hybridized carbons (Fsp3) is 0.0476. The Morgan fingerprint density at radius 3 is 1.48 bits per heavy atom. The van der Waals surface area contributed by atoms with Crippen molar-refractivity contribution in [2.24, 2.45) is 0 Å². The fourth-order valence-corrected chi connectivity index (χ4v) is 2.35. The summed E-state index contributed by atoms with van der Waals surface area (Å²) in [5, 5.41) is 0. The van der Waals surface area contributed by atoms with Crippen LogP contribution in [0.3, 0.4) is 0 Å². The monoisotopic (exact) mass is 358 g/mol. The average molecular weight is 358 g/mol. The predicted molar refractivity (Wildman–Crippen MR) is 120 cm³/mol. The molecule has 0 atom stereocenters. The van der Waals surface area contributed by atoms with Gasteiger partial charge in [0.05, 0.1) is 0 Å². The minimum Gasteiger partial charge on any atom is -0.445 e. The number of rotatable bonds is 10. The van der Waals surface area contributed by atoms with E-state index in [1.54, 1.807) is 36.5 Å². The Bertz CT molecular complexity index is 714. The number of allylic oxidation sites excluding steroid dienone is 15. The molecule has 27 heavy (non-hydrogen) atoms. The van der Waals surface area contributed by atoms with Crippen LogP contribution in [0, 0.1) is 0 Å². The van der Waals surface area contributed by atoms with E-state index in [0.717, 1.165) is 16.4 Å². The lowest BCUT2D eigenvalue weighted by molar-refractivity contribution is 0.300. The van der Waals surface area contributed by atoms with Crippen molar-refractivity contribution >= 4 is 21.4 Å². The SMILES string of the molecule is C=C/C=C\C(=C/C=C)B1OB(/C(C=C)=C/C=C)OB(C(/C=C\C)=C/C=C)O1. The lowest BCUT2D eigenvalue weighted by atomic mass is 9.60. The van der Waals surface area contributed by atoms with Gasteiger partial charge < -0.3 is 13.7 Å². The molecule has 0 unspecified atom stereocenters. The second-order valence-corrected chi connectivity index (χ2v) is 5.41. The number of hydrogen-bond acceptors (Lipinski definition) is 3. The van der Waals surface area contributed by atoms with Gasteiger partial charge in [0, 0.05) is 0 Å². The average Bonchev–Trinajstić information content (AvgIpc) is 2.68. The third-order valence-electron chi connectivity index (χ3n) is 3.51. The molecule has 1 aliphatic heterocycles. The van der Waals surface area contributed by atoms with Crippen LogP contribution in [0.15, 0.2) is 122 Å². The standard InChI is InChI=1S/C21H25B3O3/c1-7-13-18-21(17-11-5)24-26-22(19(12-6)14-8-2)25-23(27-24)20(15-9-3)16-10-4/h7-18H,1-3,5-6H2,4H3/b16-10-,18-13-,19-14+,20-15+,21-17+. The summed E-state index contributed by atoms with van der Waals surface area (Å²) in [7, 11) is -2.00. The van der Waals surface area contributed by atoms with Crippen LogP contribution in [0.5, 0.6) is 0 Å². The first kappa shape index (κ1) is 22.5. The highest BCUT2D eigenvalue weighted by atomic mass is 16.7.